The van der Waals surface area contributed by atoms with Gasteiger partial charge in [0, 0.05) is 24.2 Å². The maximum Gasteiger partial charge on any atom is 0.227 e. The standard InChI is InChI=1S/C18H12ClFN2O3/c19-17(24)11-7-16(23)22(9-11)13-5-6-15-14(8-13)21-18(25-15)10-1-3-12(20)4-2-10/h1-6,8,11H,7,9H2/t11-/m1/s1. The second kappa shape index (κ2) is 5.97. The molecule has 2 aromatic carbocycles. The molecule has 0 bridgehead atoms. The van der Waals surface area contributed by atoms with E-state index >= 15 is 0 Å². The summed E-state index contributed by atoms with van der Waals surface area (Å²) in [6.45, 7) is 0.259. The van der Waals surface area contributed by atoms with Gasteiger partial charge < -0.3 is 9.32 Å². The molecule has 0 unspecified atom stereocenters. The van der Waals surface area contributed by atoms with Gasteiger partial charge in [0.25, 0.3) is 0 Å². The first-order chi connectivity index (χ1) is 12.0. The van der Waals surface area contributed by atoms with Gasteiger partial charge in [-0.3, -0.25) is 9.59 Å². The van der Waals surface area contributed by atoms with Gasteiger partial charge in [0.2, 0.25) is 17.0 Å². The Bertz CT molecular complexity index is 984. The molecule has 1 atom stereocenters. The highest BCUT2D eigenvalue weighted by atomic mass is 35.5. The minimum Gasteiger partial charge on any atom is -0.436 e. The van der Waals surface area contributed by atoms with E-state index in [1.807, 2.05) is 0 Å². The zero-order valence-corrected chi connectivity index (χ0v) is 13.7. The van der Waals surface area contributed by atoms with Gasteiger partial charge in [0.15, 0.2) is 5.58 Å². The van der Waals surface area contributed by atoms with Crippen molar-refractivity contribution in [3.8, 4) is 11.5 Å². The van der Waals surface area contributed by atoms with Crippen molar-refractivity contribution < 1.29 is 18.4 Å². The van der Waals surface area contributed by atoms with Gasteiger partial charge in [-0.05, 0) is 54.1 Å². The molecule has 5 nitrogen and oxygen atoms in total. The van der Waals surface area contributed by atoms with Crippen molar-refractivity contribution in [2.45, 2.75) is 6.42 Å². The smallest absolute Gasteiger partial charge is 0.227 e. The number of fused-ring (bicyclic) bond motifs is 1. The van der Waals surface area contributed by atoms with Crippen LogP contribution < -0.4 is 4.90 Å². The van der Waals surface area contributed by atoms with Crippen molar-refractivity contribution in [2.24, 2.45) is 5.92 Å². The molecule has 0 saturated carbocycles. The molecule has 1 fully saturated rings. The van der Waals surface area contributed by atoms with Crippen LogP contribution in [0.25, 0.3) is 22.6 Å². The molecule has 4 rings (SSSR count). The Morgan fingerprint density at radius 2 is 2.00 bits per heavy atom. The SMILES string of the molecule is O=C(Cl)[C@@H]1CC(=O)N(c2ccc3oc(-c4ccc(F)cc4)nc3c2)C1. The quantitative estimate of drug-likeness (QED) is 0.669. The summed E-state index contributed by atoms with van der Waals surface area (Å²) in [6, 6.07) is 11.0. The van der Waals surface area contributed by atoms with Gasteiger partial charge in [-0.2, -0.15) is 0 Å². The lowest BCUT2D eigenvalue weighted by molar-refractivity contribution is -0.120. The van der Waals surface area contributed by atoms with Gasteiger partial charge in [-0.15, -0.1) is 0 Å². The molecule has 3 aromatic rings. The summed E-state index contributed by atoms with van der Waals surface area (Å²) in [5, 5.41) is -0.503. The lowest BCUT2D eigenvalue weighted by Crippen LogP contribution is -2.25. The van der Waals surface area contributed by atoms with Crippen LogP contribution in [0, 0.1) is 11.7 Å². The molecule has 25 heavy (non-hydrogen) atoms. The van der Waals surface area contributed by atoms with Crippen LogP contribution in [-0.4, -0.2) is 22.7 Å². The third kappa shape index (κ3) is 2.89. The maximum atomic E-state index is 13.0. The number of nitrogens with zero attached hydrogens (tertiary/aromatic N) is 2. The first kappa shape index (κ1) is 15.8. The number of amides is 1. The molecular weight excluding hydrogens is 347 g/mol. The molecule has 7 heteroatoms. The van der Waals surface area contributed by atoms with E-state index in [4.69, 9.17) is 16.0 Å². The molecule has 2 heterocycles. The fourth-order valence-electron chi connectivity index (χ4n) is 2.91. The van der Waals surface area contributed by atoms with Gasteiger partial charge >= 0.3 is 0 Å². The average molecular weight is 359 g/mol. The van der Waals surface area contributed by atoms with Gasteiger partial charge in [-0.25, -0.2) is 9.37 Å². The molecule has 0 aliphatic carbocycles. The van der Waals surface area contributed by atoms with E-state index < -0.39 is 11.2 Å². The van der Waals surface area contributed by atoms with Gasteiger partial charge in [0.05, 0.1) is 5.92 Å². The summed E-state index contributed by atoms with van der Waals surface area (Å²) in [5.74, 6) is -0.607. The Balaban J connectivity index is 1.68. The van der Waals surface area contributed by atoms with E-state index in [9.17, 15) is 14.0 Å². The second-order valence-electron chi connectivity index (χ2n) is 5.89. The van der Waals surface area contributed by atoms with Gasteiger partial charge in [-0.1, -0.05) is 0 Å². The van der Waals surface area contributed by atoms with Crippen LogP contribution in [-0.2, 0) is 9.59 Å². The van der Waals surface area contributed by atoms with E-state index in [2.05, 4.69) is 4.98 Å². The van der Waals surface area contributed by atoms with Crippen LogP contribution in [0.5, 0.6) is 0 Å². The highest BCUT2D eigenvalue weighted by Gasteiger charge is 2.34. The van der Waals surface area contributed by atoms with Crippen LogP contribution in [0.2, 0.25) is 0 Å². The van der Waals surface area contributed by atoms with Crippen LogP contribution >= 0.6 is 11.6 Å². The summed E-state index contributed by atoms with van der Waals surface area (Å²) in [6.07, 6.45) is 0.111. The topological polar surface area (TPSA) is 63.4 Å². The Hall–Kier alpha value is -2.73. The summed E-state index contributed by atoms with van der Waals surface area (Å²) in [7, 11) is 0. The molecule has 1 aliphatic heterocycles. The molecule has 0 spiro atoms. The minimum absolute atomic E-state index is 0.111. The number of anilines is 1. The van der Waals surface area contributed by atoms with Crippen molar-refractivity contribution in [1.29, 1.82) is 0 Å². The number of oxazole rings is 1. The highest BCUT2D eigenvalue weighted by molar-refractivity contribution is 6.64. The fraction of sp³-hybridized carbons (Fsp3) is 0.167. The molecule has 1 aliphatic rings. The van der Waals surface area contributed by atoms with Crippen LogP contribution in [0.3, 0.4) is 0 Å². The van der Waals surface area contributed by atoms with Crippen LogP contribution in [0.4, 0.5) is 10.1 Å². The van der Waals surface area contributed by atoms with E-state index in [0.29, 0.717) is 28.2 Å². The first-order valence-electron chi connectivity index (χ1n) is 7.67. The third-order valence-electron chi connectivity index (χ3n) is 4.22. The summed E-state index contributed by atoms with van der Waals surface area (Å²) < 4.78 is 18.7. The van der Waals surface area contributed by atoms with Crippen molar-refractivity contribution in [3.05, 3.63) is 48.3 Å². The zero-order valence-electron chi connectivity index (χ0n) is 12.9. The molecule has 1 aromatic heterocycles. The molecule has 1 saturated heterocycles. The summed E-state index contributed by atoms with van der Waals surface area (Å²) in [5.41, 5.74) is 2.42. The number of carbonyl (C=O) groups excluding carboxylic acids is 2. The molecule has 126 valence electrons. The zero-order chi connectivity index (χ0) is 17.6. The Labute approximate surface area is 147 Å². The number of benzene rings is 2. The number of rotatable bonds is 3. The number of halogens is 2. The van der Waals surface area contributed by atoms with Crippen LogP contribution in [0.1, 0.15) is 6.42 Å². The highest BCUT2D eigenvalue weighted by Crippen LogP contribution is 2.31. The molecular formula is C18H12ClFN2O3. The maximum absolute atomic E-state index is 13.0. The average Bonchev–Trinajstić information content (AvgIpc) is 3.18. The third-order valence-corrected chi connectivity index (χ3v) is 4.53. The van der Waals surface area contributed by atoms with Crippen molar-refractivity contribution in [2.75, 3.05) is 11.4 Å². The second-order valence-corrected chi connectivity index (χ2v) is 6.26. The van der Waals surface area contributed by atoms with Crippen LogP contribution in [0.15, 0.2) is 46.9 Å². The normalized spacial score (nSPS) is 17.4. The predicted molar refractivity (Wildman–Crippen MR) is 90.7 cm³/mol. The largest absolute Gasteiger partial charge is 0.436 e. The van der Waals surface area contributed by atoms with Gasteiger partial charge in [0.1, 0.15) is 11.3 Å². The van der Waals surface area contributed by atoms with Crippen molar-refractivity contribution in [1.82, 2.24) is 4.98 Å². The lowest BCUT2D eigenvalue weighted by Gasteiger charge is -2.15. The summed E-state index contributed by atoms with van der Waals surface area (Å²) >= 11 is 5.51. The van der Waals surface area contributed by atoms with E-state index in [1.54, 1.807) is 30.3 Å². The lowest BCUT2D eigenvalue weighted by atomic mass is 10.1. The fourth-order valence-corrected chi connectivity index (χ4v) is 3.05. The van der Waals surface area contributed by atoms with Crippen molar-refractivity contribution in [3.63, 3.8) is 0 Å². The first-order valence-corrected chi connectivity index (χ1v) is 8.05. The van der Waals surface area contributed by atoms with Crippen molar-refractivity contribution >= 4 is 39.5 Å². The Kier molecular flexibility index (Phi) is 3.77. The number of hydrogen-bond donors (Lipinski definition) is 0. The predicted octanol–water partition coefficient (Wildman–Crippen LogP) is 3.75. The molecule has 0 N–H and O–H groups in total. The molecule has 1 amide bonds. The Morgan fingerprint density at radius 3 is 2.68 bits per heavy atom. The van der Waals surface area contributed by atoms with E-state index in [0.717, 1.165) is 0 Å². The van der Waals surface area contributed by atoms with E-state index in [-0.39, 0.29) is 24.7 Å². The minimum atomic E-state index is -0.503. The van der Waals surface area contributed by atoms with E-state index in [1.165, 1.54) is 17.0 Å². The number of hydrogen-bond acceptors (Lipinski definition) is 4. The summed E-state index contributed by atoms with van der Waals surface area (Å²) in [4.78, 5) is 29.3. The number of aromatic nitrogens is 1. The molecule has 0 radical (unpaired) electrons. The monoisotopic (exact) mass is 358 g/mol. The number of carbonyl (C=O) groups is 2. The Morgan fingerprint density at radius 1 is 1.24 bits per heavy atom.